The van der Waals surface area contributed by atoms with E-state index in [-0.39, 0.29) is 5.56 Å². The van der Waals surface area contributed by atoms with E-state index < -0.39 is 11.5 Å². The summed E-state index contributed by atoms with van der Waals surface area (Å²) < 4.78 is 31.4. The van der Waals surface area contributed by atoms with Crippen LogP contribution in [-0.4, -0.2) is 12.2 Å². The third-order valence-electron chi connectivity index (χ3n) is 2.93. The van der Waals surface area contributed by atoms with Crippen LogP contribution in [0.5, 0.6) is 5.75 Å². The van der Waals surface area contributed by atoms with E-state index in [2.05, 4.69) is 0 Å². The molecule has 0 aromatic heterocycles. The van der Waals surface area contributed by atoms with Crippen LogP contribution in [0.25, 0.3) is 0 Å². The van der Waals surface area contributed by atoms with Gasteiger partial charge in [0.25, 0.3) is 5.92 Å². The van der Waals surface area contributed by atoms with Crippen molar-refractivity contribution in [2.45, 2.75) is 31.3 Å². The zero-order valence-corrected chi connectivity index (χ0v) is 9.26. The third kappa shape index (κ3) is 1.89. The van der Waals surface area contributed by atoms with E-state index in [9.17, 15) is 13.9 Å². The van der Waals surface area contributed by atoms with Gasteiger partial charge in [-0.25, -0.2) is 8.78 Å². The van der Waals surface area contributed by atoms with Crippen molar-refractivity contribution < 1.29 is 18.6 Å². The Morgan fingerprint density at radius 2 is 2.00 bits per heavy atom. The number of hydrogen-bond donors (Lipinski definition) is 1. The summed E-state index contributed by atoms with van der Waals surface area (Å²) in [6.45, 7) is 0.843. The van der Waals surface area contributed by atoms with Gasteiger partial charge in [0.2, 0.25) is 0 Å². The molecular weight excluding hydrogens is 214 g/mol. The van der Waals surface area contributed by atoms with Crippen molar-refractivity contribution in [1.29, 1.82) is 0 Å². The van der Waals surface area contributed by atoms with Gasteiger partial charge < -0.3 is 9.84 Å². The van der Waals surface area contributed by atoms with Gasteiger partial charge in [-0.3, -0.25) is 0 Å². The number of hydrogen-bond acceptors (Lipinski definition) is 2. The summed E-state index contributed by atoms with van der Waals surface area (Å²) in [7, 11) is 1.47. The Balaban J connectivity index is 2.48. The number of ether oxygens (including phenoxy) is 1. The number of methoxy groups -OCH3 is 1. The minimum Gasteiger partial charge on any atom is -0.496 e. The normalized spacial score (nSPS) is 18.3. The number of rotatable bonds is 3. The zero-order valence-electron chi connectivity index (χ0n) is 9.26. The van der Waals surface area contributed by atoms with E-state index in [1.165, 1.54) is 25.3 Å². The lowest BCUT2D eigenvalue weighted by Crippen LogP contribution is -2.12. The van der Waals surface area contributed by atoms with Crippen LogP contribution in [0, 0.1) is 0 Å². The maximum atomic E-state index is 13.2. The molecule has 0 radical (unpaired) electrons. The second-order valence-electron chi connectivity index (χ2n) is 4.34. The average Bonchev–Trinajstić information content (AvgIpc) is 2.95. The quantitative estimate of drug-likeness (QED) is 0.862. The number of alkyl halides is 2. The molecule has 1 N–H and O–H groups in total. The summed E-state index contributed by atoms with van der Waals surface area (Å²) in [4.78, 5) is 0. The topological polar surface area (TPSA) is 29.5 Å². The molecule has 1 fully saturated rings. The number of halogens is 2. The third-order valence-corrected chi connectivity index (χ3v) is 2.93. The monoisotopic (exact) mass is 228 g/mol. The summed E-state index contributed by atoms with van der Waals surface area (Å²) in [5.41, 5.74) is -0.593. The largest absolute Gasteiger partial charge is 0.496 e. The van der Waals surface area contributed by atoms with Crippen molar-refractivity contribution in [2.75, 3.05) is 7.11 Å². The van der Waals surface area contributed by atoms with Crippen LogP contribution in [0.4, 0.5) is 8.78 Å². The molecule has 0 bridgehead atoms. The molecule has 2 nitrogen and oxygen atoms in total. The summed E-state index contributed by atoms with van der Waals surface area (Å²) in [5, 5.41) is 9.98. The predicted molar refractivity (Wildman–Crippen MR) is 55.7 cm³/mol. The maximum Gasteiger partial charge on any atom is 0.270 e. The molecular formula is C12H14F2O2. The molecule has 16 heavy (non-hydrogen) atoms. The van der Waals surface area contributed by atoms with Gasteiger partial charge in [0, 0.05) is 18.1 Å². The molecule has 1 aromatic rings. The highest BCUT2D eigenvalue weighted by atomic mass is 19.3. The fourth-order valence-corrected chi connectivity index (χ4v) is 1.73. The Bertz CT molecular complexity index is 406. The number of aliphatic hydroxyl groups is 1. The zero-order chi connectivity index (χ0) is 12.0. The fraction of sp³-hybridized carbons (Fsp3) is 0.500. The second-order valence-corrected chi connectivity index (χ2v) is 4.34. The Morgan fingerprint density at radius 1 is 1.38 bits per heavy atom. The molecule has 0 heterocycles. The lowest BCUT2D eigenvalue weighted by molar-refractivity contribution is 0.0171. The molecule has 0 spiro atoms. The summed E-state index contributed by atoms with van der Waals surface area (Å²) in [6.07, 6.45) is 1.20. The molecule has 1 aromatic carbocycles. The van der Waals surface area contributed by atoms with Crippen molar-refractivity contribution in [3.05, 3.63) is 29.3 Å². The first-order valence-electron chi connectivity index (χ1n) is 5.16. The lowest BCUT2D eigenvalue weighted by Gasteiger charge is -2.17. The van der Waals surface area contributed by atoms with Gasteiger partial charge >= 0.3 is 0 Å². The lowest BCUT2D eigenvalue weighted by atomic mass is 10.0. The molecule has 2 rings (SSSR count). The first-order chi connectivity index (χ1) is 7.37. The first kappa shape index (κ1) is 11.3. The smallest absolute Gasteiger partial charge is 0.270 e. The van der Waals surface area contributed by atoms with Crippen LogP contribution in [0.3, 0.4) is 0 Å². The molecule has 1 aliphatic carbocycles. The average molecular weight is 228 g/mol. The summed E-state index contributed by atoms with van der Waals surface area (Å²) in [6, 6.07) is 4.15. The molecule has 0 aliphatic heterocycles. The molecule has 88 valence electrons. The Hall–Kier alpha value is -1.16. The maximum absolute atomic E-state index is 13.2. The molecule has 0 amide bonds. The van der Waals surface area contributed by atoms with E-state index in [1.807, 2.05) is 0 Å². The summed E-state index contributed by atoms with van der Waals surface area (Å²) in [5.74, 6) is -2.43. The van der Waals surface area contributed by atoms with Crippen molar-refractivity contribution in [1.82, 2.24) is 0 Å². The van der Waals surface area contributed by atoms with Gasteiger partial charge in [-0.15, -0.1) is 0 Å². The van der Waals surface area contributed by atoms with Crippen LogP contribution >= 0.6 is 0 Å². The van der Waals surface area contributed by atoms with Gasteiger partial charge in [-0.1, -0.05) is 0 Å². The van der Waals surface area contributed by atoms with Crippen molar-refractivity contribution in [2.24, 2.45) is 0 Å². The Kier molecular flexibility index (Phi) is 2.42. The second kappa shape index (κ2) is 3.42. The predicted octanol–water partition coefficient (Wildman–Crippen LogP) is 2.79. The van der Waals surface area contributed by atoms with Crippen LogP contribution in [0.2, 0.25) is 0 Å². The van der Waals surface area contributed by atoms with Crippen LogP contribution < -0.4 is 4.74 Å². The van der Waals surface area contributed by atoms with Gasteiger partial charge in [0.05, 0.1) is 12.7 Å². The highest BCUT2D eigenvalue weighted by molar-refractivity contribution is 5.44. The standard InChI is InChI=1S/C12H14F2O2/c1-11(13,14)8-3-4-10(16-2)9(7-8)12(15)5-6-12/h3-4,7,15H,5-6H2,1-2H3. The molecule has 0 atom stereocenters. The van der Waals surface area contributed by atoms with Gasteiger partial charge in [-0.05, 0) is 31.0 Å². The van der Waals surface area contributed by atoms with Crippen molar-refractivity contribution >= 4 is 0 Å². The van der Waals surface area contributed by atoms with E-state index in [0.29, 0.717) is 24.2 Å². The SMILES string of the molecule is COc1ccc(C(C)(F)F)cc1C1(O)CC1. The molecule has 4 heteroatoms. The van der Waals surface area contributed by atoms with Crippen LogP contribution in [0.1, 0.15) is 30.9 Å². The molecule has 0 saturated heterocycles. The van der Waals surface area contributed by atoms with Crippen molar-refractivity contribution in [3.8, 4) is 5.75 Å². The number of benzene rings is 1. The molecule has 1 saturated carbocycles. The molecule has 0 unspecified atom stereocenters. The van der Waals surface area contributed by atoms with Gasteiger partial charge in [-0.2, -0.15) is 0 Å². The Labute approximate surface area is 92.9 Å². The van der Waals surface area contributed by atoms with E-state index in [0.717, 1.165) is 6.92 Å². The van der Waals surface area contributed by atoms with E-state index in [1.54, 1.807) is 0 Å². The minimum absolute atomic E-state index is 0.0939. The van der Waals surface area contributed by atoms with Gasteiger partial charge in [0.1, 0.15) is 5.75 Å². The van der Waals surface area contributed by atoms with Gasteiger partial charge in [0.15, 0.2) is 0 Å². The highest BCUT2D eigenvalue weighted by Crippen LogP contribution is 2.49. The highest BCUT2D eigenvalue weighted by Gasteiger charge is 2.45. The van der Waals surface area contributed by atoms with E-state index in [4.69, 9.17) is 4.74 Å². The first-order valence-corrected chi connectivity index (χ1v) is 5.16. The van der Waals surface area contributed by atoms with Crippen LogP contribution in [-0.2, 0) is 11.5 Å². The minimum atomic E-state index is -2.90. The van der Waals surface area contributed by atoms with Crippen molar-refractivity contribution in [3.63, 3.8) is 0 Å². The Morgan fingerprint density at radius 3 is 2.44 bits per heavy atom. The molecule has 1 aliphatic rings. The van der Waals surface area contributed by atoms with Crippen LogP contribution in [0.15, 0.2) is 18.2 Å². The summed E-state index contributed by atoms with van der Waals surface area (Å²) >= 11 is 0. The fourth-order valence-electron chi connectivity index (χ4n) is 1.73. The van der Waals surface area contributed by atoms with E-state index >= 15 is 0 Å².